The smallest absolute Gasteiger partial charge is 0.115 e. The van der Waals surface area contributed by atoms with Gasteiger partial charge in [-0.15, -0.1) is 0 Å². The number of hydrogen-bond donors (Lipinski definition) is 3. The van der Waals surface area contributed by atoms with Crippen LogP contribution in [-0.2, 0) is 0 Å². The molecule has 3 N–H and O–H groups in total. The predicted octanol–water partition coefficient (Wildman–Crippen LogP) is 1.49. The van der Waals surface area contributed by atoms with Crippen molar-refractivity contribution in [3.8, 4) is 5.75 Å². The lowest BCUT2D eigenvalue weighted by molar-refractivity contribution is 0.0149. The predicted molar refractivity (Wildman–Crippen MR) is 57.7 cm³/mol. The summed E-state index contributed by atoms with van der Waals surface area (Å²) in [4.78, 5) is 2.55. The number of benzene rings is 1. The molecule has 0 aliphatic heterocycles. The van der Waals surface area contributed by atoms with E-state index in [1.165, 1.54) is 12.1 Å². The van der Waals surface area contributed by atoms with Gasteiger partial charge in [0.1, 0.15) is 11.9 Å². The summed E-state index contributed by atoms with van der Waals surface area (Å²) in [5.74, 6) is 0.0267. The highest BCUT2D eigenvalue weighted by Crippen LogP contribution is 2.22. The molecule has 0 aromatic heterocycles. The number of hydrogen-bond acceptors (Lipinski definition) is 4. The second-order valence-electron chi connectivity index (χ2n) is 3.35. The van der Waals surface area contributed by atoms with Crippen LogP contribution in [0.4, 0.5) is 0 Å². The number of azide groups is 1. The lowest BCUT2D eigenvalue weighted by atomic mass is 10.0. The van der Waals surface area contributed by atoms with E-state index in [4.69, 9.17) is 5.53 Å². The summed E-state index contributed by atoms with van der Waals surface area (Å²) in [5.41, 5.74) is 8.48. The third-order valence-electron chi connectivity index (χ3n) is 2.16. The Bertz CT molecular complexity index is 391. The van der Waals surface area contributed by atoms with Crippen molar-refractivity contribution in [1.82, 2.24) is 0 Å². The highest BCUT2D eigenvalue weighted by Gasteiger charge is 2.17. The lowest BCUT2D eigenvalue weighted by Gasteiger charge is -2.17. The molecule has 2 unspecified atom stereocenters. The maximum Gasteiger partial charge on any atom is 0.115 e. The van der Waals surface area contributed by atoms with Gasteiger partial charge in [0, 0.05) is 11.5 Å². The second kappa shape index (κ2) is 5.97. The van der Waals surface area contributed by atoms with Crippen molar-refractivity contribution in [3.05, 3.63) is 40.3 Å². The van der Waals surface area contributed by atoms with Crippen LogP contribution < -0.4 is 0 Å². The largest absolute Gasteiger partial charge is 0.508 e. The first-order valence-electron chi connectivity index (χ1n) is 4.81. The average molecular weight is 223 g/mol. The monoisotopic (exact) mass is 223 g/mol. The topological polar surface area (TPSA) is 109 Å². The van der Waals surface area contributed by atoms with Crippen LogP contribution in [0, 0.1) is 0 Å². The van der Waals surface area contributed by atoms with Gasteiger partial charge in [0.25, 0.3) is 0 Å². The third-order valence-corrected chi connectivity index (χ3v) is 2.16. The van der Waals surface area contributed by atoms with Crippen molar-refractivity contribution >= 4 is 0 Å². The molecule has 0 saturated carbocycles. The van der Waals surface area contributed by atoms with Crippen LogP contribution >= 0.6 is 0 Å². The van der Waals surface area contributed by atoms with Gasteiger partial charge in [0.05, 0.1) is 6.10 Å². The Hall–Kier alpha value is -1.75. The number of phenols is 1. The minimum Gasteiger partial charge on any atom is -0.508 e. The zero-order valence-corrected chi connectivity index (χ0v) is 8.56. The molecule has 0 heterocycles. The fourth-order valence-electron chi connectivity index (χ4n) is 1.32. The van der Waals surface area contributed by atoms with E-state index in [0.29, 0.717) is 5.56 Å². The molecule has 0 amide bonds. The molecule has 2 atom stereocenters. The second-order valence-corrected chi connectivity index (χ2v) is 3.35. The highest BCUT2D eigenvalue weighted by molar-refractivity contribution is 5.29. The van der Waals surface area contributed by atoms with Crippen molar-refractivity contribution in [1.29, 1.82) is 0 Å². The SMILES string of the molecule is [N-]=[N+]=NCCC(O)C(O)c1cccc(O)c1. The molecule has 0 bridgehead atoms. The molecular weight excluding hydrogens is 210 g/mol. The Kier molecular flexibility index (Phi) is 4.60. The fourth-order valence-corrected chi connectivity index (χ4v) is 1.32. The van der Waals surface area contributed by atoms with Crippen LogP contribution in [0.25, 0.3) is 10.4 Å². The fraction of sp³-hybridized carbons (Fsp3) is 0.400. The van der Waals surface area contributed by atoms with Gasteiger partial charge in [-0.2, -0.15) is 0 Å². The summed E-state index contributed by atoms with van der Waals surface area (Å²) >= 11 is 0. The van der Waals surface area contributed by atoms with E-state index < -0.39 is 12.2 Å². The van der Waals surface area contributed by atoms with E-state index in [1.54, 1.807) is 12.1 Å². The summed E-state index contributed by atoms with van der Waals surface area (Å²) in [7, 11) is 0. The Morgan fingerprint density at radius 3 is 2.75 bits per heavy atom. The van der Waals surface area contributed by atoms with E-state index in [-0.39, 0.29) is 18.7 Å². The minimum absolute atomic E-state index is 0.0267. The molecule has 0 fully saturated rings. The van der Waals surface area contributed by atoms with Gasteiger partial charge in [-0.3, -0.25) is 0 Å². The summed E-state index contributed by atoms with van der Waals surface area (Å²) in [6.07, 6.45) is -1.95. The number of aliphatic hydroxyl groups is 2. The van der Waals surface area contributed by atoms with Crippen molar-refractivity contribution in [2.24, 2.45) is 5.11 Å². The van der Waals surface area contributed by atoms with Crippen LogP contribution in [0.1, 0.15) is 18.1 Å². The molecule has 0 aliphatic rings. The van der Waals surface area contributed by atoms with E-state index in [9.17, 15) is 15.3 Å². The van der Waals surface area contributed by atoms with Gasteiger partial charge in [0.2, 0.25) is 0 Å². The molecule has 1 aromatic rings. The molecule has 16 heavy (non-hydrogen) atoms. The first kappa shape index (κ1) is 12.3. The summed E-state index contributed by atoms with van der Waals surface area (Å²) < 4.78 is 0. The van der Waals surface area contributed by atoms with Gasteiger partial charge >= 0.3 is 0 Å². The summed E-state index contributed by atoms with van der Waals surface area (Å²) in [5, 5.41) is 31.8. The Labute approximate surface area is 92.4 Å². The van der Waals surface area contributed by atoms with E-state index in [1.807, 2.05) is 0 Å². The number of aromatic hydroxyl groups is 1. The van der Waals surface area contributed by atoms with Crippen LogP contribution in [-0.4, -0.2) is 28.0 Å². The molecular formula is C10H13N3O3. The van der Waals surface area contributed by atoms with Crippen molar-refractivity contribution < 1.29 is 15.3 Å². The third kappa shape index (κ3) is 3.43. The summed E-state index contributed by atoms with van der Waals surface area (Å²) in [6.45, 7) is 0.119. The normalized spacial score (nSPS) is 13.9. The maximum atomic E-state index is 9.72. The molecule has 0 saturated heterocycles. The molecule has 1 aromatic carbocycles. The Morgan fingerprint density at radius 2 is 2.12 bits per heavy atom. The van der Waals surface area contributed by atoms with Crippen LogP contribution in [0.2, 0.25) is 0 Å². The Morgan fingerprint density at radius 1 is 1.38 bits per heavy atom. The van der Waals surface area contributed by atoms with Gasteiger partial charge < -0.3 is 15.3 Å². The van der Waals surface area contributed by atoms with Crippen molar-refractivity contribution in [2.45, 2.75) is 18.6 Å². The quantitative estimate of drug-likeness (QED) is 0.399. The molecule has 1 rings (SSSR count). The number of phenolic OH excluding ortho intramolecular Hbond substituents is 1. The zero-order chi connectivity index (χ0) is 12.0. The number of rotatable bonds is 5. The van der Waals surface area contributed by atoms with E-state index in [0.717, 1.165) is 0 Å². The molecule has 0 aliphatic carbocycles. The van der Waals surface area contributed by atoms with Gasteiger partial charge in [-0.05, 0) is 29.6 Å². The molecule has 6 heteroatoms. The van der Waals surface area contributed by atoms with Crippen molar-refractivity contribution in [3.63, 3.8) is 0 Å². The summed E-state index contributed by atoms with van der Waals surface area (Å²) in [6, 6.07) is 6.03. The lowest BCUT2D eigenvalue weighted by Crippen LogP contribution is -2.19. The molecule has 0 spiro atoms. The Balaban J connectivity index is 2.62. The maximum absolute atomic E-state index is 9.72. The first-order chi connectivity index (χ1) is 7.65. The van der Waals surface area contributed by atoms with Gasteiger partial charge in [0.15, 0.2) is 0 Å². The van der Waals surface area contributed by atoms with E-state index in [2.05, 4.69) is 10.0 Å². The van der Waals surface area contributed by atoms with Crippen LogP contribution in [0.3, 0.4) is 0 Å². The molecule has 86 valence electrons. The molecule has 0 radical (unpaired) electrons. The van der Waals surface area contributed by atoms with Gasteiger partial charge in [-0.25, -0.2) is 0 Å². The minimum atomic E-state index is -1.10. The highest BCUT2D eigenvalue weighted by atomic mass is 16.3. The van der Waals surface area contributed by atoms with E-state index >= 15 is 0 Å². The number of nitrogens with zero attached hydrogens (tertiary/aromatic N) is 3. The average Bonchev–Trinajstić information content (AvgIpc) is 2.28. The van der Waals surface area contributed by atoms with Crippen molar-refractivity contribution in [2.75, 3.05) is 6.54 Å². The molecule has 6 nitrogen and oxygen atoms in total. The number of aliphatic hydroxyl groups excluding tert-OH is 2. The first-order valence-corrected chi connectivity index (χ1v) is 4.81. The van der Waals surface area contributed by atoms with Gasteiger partial charge in [-0.1, -0.05) is 17.2 Å². The zero-order valence-electron chi connectivity index (χ0n) is 8.56. The van der Waals surface area contributed by atoms with Crippen LogP contribution in [0.5, 0.6) is 5.75 Å². The van der Waals surface area contributed by atoms with Crippen LogP contribution in [0.15, 0.2) is 29.4 Å². The standard InChI is InChI=1S/C10H13N3O3/c11-13-12-5-4-9(15)10(16)7-2-1-3-8(14)6-7/h1-3,6,9-10,14-16H,4-5H2.